The van der Waals surface area contributed by atoms with E-state index in [9.17, 15) is 0 Å². The molecule has 1 aromatic rings. The maximum atomic E-state index is 5.86. The zero-order valence-electron chi connectivity index (χ0n) is 12.1. The minimum Gasteiger partial charge on any atom is -0.389 e. The molecule has 0 heterocycles. The number of hydrogen-bond donors (Lipinski definition) is 1. The van der Waals surface area contributed by atoms with Crippen LogP contribution in [0.2, 0.25) is 0 Å². The summed E-state index contributed by atoms with van der Waals surface area (Å²) in [7, 11) is 2.18. The summed E-state index contributed by atoms with van der Waals surface area (Å²) in [5.41, 5.74) is 9.30. The van der Waals surface area contributed by atoms with Crippen molar-refractivity contribution < 1.29 is 0 Å². The van der Waals surface area contributed by atoms with Gasteiger partial charge in [-0.3, -0.25) is 0 Å². The Hall–Kier alpha value is -1.09. The highest BCUT2D eigenvalue weighted by Crippen LogP contribution is 2.31. The van der Waals surface area contributed by atoms with Gasteiger partial charge in [0.05, 0.1) is 0 Å². The van der Waals surface area contributed by atoms with Gasteiger partial charge in [0, 0.05) is 24.3 Å². The van der Waals surface area contributed by atoms with Crippen molar-refractivity contribution in [2.75, 3.05) is 11.9 Å². The summed E-state index contributed by atoms with van der Waals surface area (Å²) in [5, 5.41) is 0. The molecule has 0 spiro atoms. The van der Waals surface area contributed by atoms with Crippen LogP contribution in [0, 0.1) is 12.8 Å². The smallest absolute Gasteiger partial charge is 0.106 e. The van der Waals surface area contributed by atoms with Crippen LogP contribution in [0.4, 0.5) is 5.69 Å². The Bertz CT molecular complexity index is 462. The summed E-state index contributed by atoms with van der Waals surface area (Å²) in [6.45, 7) is 4.47. The zero-order valence-corrected chi connectivity index (χ0v) is 13.0. The monoisotopic (exact) mass is 276 g/mol. The second-order valence-electron chi connectivity index (χ2n) is 5.91. The van der Waals surface area contributed by atoms with E-state index in [4.69, 9.17) is 18.0 Å². The number of nitrogens with zero attached hydrogens (tertiary/aromatic N) is 1. The highest BCUT2D eigenvalue weighted by molar-refractivity contribution is 7.80. The van der Waals surface area contributed by atoms with Gasteiger partial charge in [-0.2, -0.15) is 0 Å². The van der Waals surface area contributed by atoms with E-state index in [2.05, 4.69) is 44.0 Å². The number of rotatable bonds is 3. The summed E-state index contributed by atoms with van der Waals surface area (Å²) >= 11 is 5.18. The van der Waals surface area contributed by atoms with E-state index in [1.807, 2.05) is 0 Å². The van der Waals surface area contributed by atoms with Crippen LogP contribution in [0.5, 0.6) is 0 Å². The largest absolute Gasteiger partial charge is 0.389 e. The molecule has 104 valence electrons. The van der Waals surface area contributed by atoms with Gasteiger partial charge in [-0.15, -0.1) is 0 Å². The van der Waals surface area contributed by atoms with Crippen molar-refractivity contribution in [3.63, 3.8) is 0 Å². The molecular weight excluding hydrogens is 252 g/mol. The Morgan fingerprint density at radius 2 is 1.89 bits per heavy atom. The molecular formula is C16H24N2S. The Morgan fingerprint density at radius 3 is 2.47 bits per heavy atom. The number of nitrogens with two attached hydrogens (primary N) is 1. The molecule has 1 aliphatic carbocycles. The molecule has 0 radical (unpaired) electrons. The van der Waals surface area contributed by atoms with Gasteiger partial charge in [0.2, 0.25) is 0 Å². The molecule has 0 amide bonds. The normalized spacial score (nSPS) is 23.1. The second kappa shape index (κ2) is 5.91. The standard InChI is InChI=1S/C16H24N2S/c1-11-4-7-13(8-5-11)18(3)15-10-12(2)6-9-14(15)16(17)19/h6,9-11,13H,4-5,7-8H2,1-3H3,(H2,17,19). The number of hydrogen-bond acceptors (Lipinski definition) is 2. The summed E-state index contributed by atoms with van der Waals surface area (Å²) in [6, 6.07) is 6.95. The van der Waals surface area contributed by atoms with Crippen molar-refractivity contribution in [3.8, 4) is 0 Å². The van der Waals surface area contributed by atoms with E-state index >= 15 is 0 Å². The van der Waals surface area contributed by atoms with Crippen LogP contribution in [0.3, 0.4) is 0 Å². The third-order valence-corrected chi connectivity index (χ3v) is 4.55. The quantitative estimate of drug-likeness (QED) is 0.855. The fraction of sp³-hybridized carbons (Fsp3) is 0.562. The molecule has 1 saturated carbocycles. The van der Waals surface area contributed by atoms with Crippen LogP contribution in [0.1, 0.15) is 43.7 Å². The third-order valence-electron chi connectivity index (χ3n) is 4.33. The summed E-state index contributed by atoms with van der Waals surface area (Å²) < 4.78 is 0. The van der Waals surface area contributed by atoms with Gasteiger partial charge >= 0.3 is 0 Å². The lowest BCUT2D eigenvalue weighted by Gasteiger charge is -2.36. The Labute approximate surface area is 122 Å². The molecule has 3 heteroatoms. The first-order valence-electron chi connectivity index (χ1n) is 7.12. The molecule has 0 aromatic heterocycles. The first kappa shape index (κ1) is 14.3. The van der Waals surface area contributed by atoms with Crippen LogP contribution < -0.4 is 10.6 Å². The molecule has 2 nitrogen and oxygen atoms in total. The fourth-order valence-corrected chi connectivity index (χ4v) is 3.14. The molecule has 2 rings (SSSR count). The van der Waals surface area contributed by atoms with E-state index < -0.39 is 0 Å². The Kier molecular flexibility index (Phi) is 4.46. The number of benzene rings is 1. The van der Waals surface area contributed by atoms with E-state index in [0.29, 0.717) is 11.0 Å². The molecule has 2 N–H and O–H groups in total. The van der Waals surface area contributed by atoms with Crippen molar-refractivity contribution in [1.29, 1.82) is 0 Å². The lowest BCUT2D eigenvalue weighted by atomic mass is 9.86. The van der Waals surface area contributed by atoms with Gasteiger partial charge in [-0.1, -0.05) is 25.2 Å². The fourth-order valence-electron chi connectivity index (χ4n) is 2.97. The summed E-state index contributed by atoms with van der Waals surface area (Å²) in [4.78, 5) is 2.87. The van der Waals surface area contributed by atoms with Crippen molar-refractivity contribution >= 4 is 22.9 Å². The van der Waals surface area contributed by atoms with E-state index in [-0.39, 0.29) is 0 Å². The van der Waals surface area contributed by atoms with Crippen molar-refractivity contribution in [2.24, 2.45) is 11.7 Å². The van der Waals surface area contributed by atoms with Gasteiger partial charge in [0.1, 0.15) is 4.99 Å². The number of anilines is 1. The summed E-state index contributed by atoms with van der Waals surface area (Å²) in [5.74, 6) is 0.872. The van der Waals surface area contributed by atoms with Crippen LogP contribution in [0.15, 0.2) is 18.2 Å². The highest BCUT2D eigenvalue weighted by atomic mass is 32.1. The van der Waals surface area contributed by atoms with Crippen molar-refractivity contribution in [3.05, 3.63) is 29.3 Å². The van der Waals surface area contributed by atoms with E-state index in [1.54, 1.807) is 0 Å². The van der Waals surface area contributed by atoms with Crippen LogP contribution >= 0.6 is 12.2 Å². The minimum atomic E-state index is 0.492. The van der Waals surface area contributed by atoms with Gasteiger partial charge in [0.15, 0.2) is 0 Å². The predicted molar refractivity (Wildman–Crippen MR) is 86.9 cm³/mol. The number of aryl methyl sites for hydroxylation is 1. The van der Waals surface area contributed by atoms with Gasteiger partial charge < -0.3 is 10.6 Å². The highest BCUT2D eigenvalue weighted by Gasteiger charge is 2.23. The van der Waals surface area contributed by atoms with Gasteiger partial charge in [-0.05, 0) is 56.2 Å². The molecule has 0 bridgehead atoms. The second-order valence-corrected chi connectivity index (χ2v) is 6.35. The average molecular weight is 276 g/mol. The van der Waals surface area contributed by atoms with E-state index in [1.165, 1.54) is 36.9 Å². The minimum absolute atomic E-state index is 0.492. The van der Waals surface area contributed by atoms with Gasteiger partial charge in [-0.25, -0.2) is 0 Å². The molecule has 0 unspecified atom stereocenters. The topological polar surface area (TPSA) is 29.3 Å². The zero-order chi connectivity index (χ0) is 14.0. The average Bonchev–Trinajstić information content (AvgIpc) is 2.38. The molecule has 19 heavy (non-hydrogen) atoms. The first-order chi connectivity index (χ1) is 8.99. The van der Waals surface area contributed by atoms with Crippen molar-refractivity contribution in [2.45, 2.75) is 45.6 Å². The Balaban J connectivity index is 2.25. The lowest BCUT2D eigenvalue weighted by molar-refractivity contribution is 0.340. The molecule has 1 aliphatic rings. The molecule has 0 saturated heterocycles. The molecule has 1 fully saturated rings. The van der Waals surface area contributed by atoms with Gasteiger partial charge in [0.25, 0.3) is 0 Å². The first-order valence-corrected chi connectivity index (χ1v) is 7.53. The van der Waals surface area contributed by atoms with Crippen LogP contribution in [-0.2, 0) is 0 Å². The number of thiocarbonyl (C=S) groups is 1. The summed E-state index contributed by atoms with van der Waals surface area (Å²) in [6.07, 6.45) is 5.18. The Morgan fingerprint density at radius 1 is 1.26 bits per heavy atom. The van der Waals surface area contributed by atoms with Crippen molar-refractivity contribution in [1.82, 2.24) is 0 Å². The maximum absolute atomic E-state index is 5.86. The lowest BCUT2D eigenvalue weighted by Crippen LogP contribution is -2.36. The molecule has 1 aromatic carbocycles. The van der Waals surface area contributed by atoms with Crippen LogP contribution in [-0.4, -0.2) is 18.1 Å². The SMILES string of the molecule is Cc1ccc(C(N)=S)c(N(C)C2CCC(C)CC2)c1. The predicted octanol–water partition coefficient (Wildman–Crippen LogP) is 3.64. The maximum Gasteiger partial charge on any atom is 0.106 e. The van der Waals surface area contributed by atoms with E-state index in [0.717, 1.165) is 11.5 Å². The van der Waals surface area contributed by atoms with Crippen LogP contribution in [0.25, 0.3) is 0 Å². The molecule has 0 atom stereocenters. The molecule has 0 aliphatic heterocycles. The third kappa shape index (κ3) is 3.27.